The quantitative estimate of drug-likeness (QED) is 0.813. The Labute approximate surface area is 103 Å². The molecule has 0 aliphatic rings. The van der Waals surface area contributed by atoms with Crippen molar-refractivity contribution in [3.8, 4) is 5.75 Å². The van der Waals surface area contributed by atoms with Crippen molar-refractivity contribution < 1.29 is 9.52 Å². The Morgan fingerprint density at radius 1 is 1.61 bits per heavy atom. The van der Waals surface area contributed by atoms with Crippen LogP contribution in [0.2, 0.25) is 0 Å². The molecule has 0 aromatic carbocycles. The van der Waals surface area contributed by atoms with Crippen LogP contribution in [-0.2, 0) is 6.54 Å². The molecule has 0 fully saturated rings. The van der Waals surface area contributed by atoms with Crippen molar-refractivity contribution in [1.29, 1.82) is 0 Å². The molecular weight excluding hydrogens is 236 g/mol. The molecule has 1 unspecified atom stereocenters. The second kappa shape index (κ2) is 5.01. The van der Waals surface area contributed by atoms with E-state index < -0.39 is 11.2 Å². The first-order valence-electron chi connectivity index (χ1n) is 5.56. The van der Waals surface area contributed by atoms with Crippen LogP contribution in [0.25, 0.3) is 0 Å². The first-order valence-corrected chi connectivity index (χ1v) is 5.56. The highest BCUT2D eigenvalue weighted by molar-refractivity contribution is 5.15. The molecule has 7 nitrogen and oxygen atoms in total. The molecule has 2 heterocycles. The maximum atomic E-state index is 11.2. The van der Waals surface area contributed by atoms with E-state index in [1.807, 2.05) is 6.92 Å². The van der Waals surface area contributed by atoms with Gasteiger partial charge in [0.05, 0.1) is 17.9 Å². The van der Waals surface area contributed by atoms with E-state index in [9.17, 15) is 4.79 Å². The van der Waals surface area contributed by atoms with Crippen LogP contribution >= 0.6 is 0 Å². The van der Waals surface area contributed by atoms with Gasteiger partial charge >= 0.3 is 0 Å². The van der Waals surface area contributed by atoms with E-state index in [1.54, 1.807) is 6.20 Å². The van der Waals surface area contributed by atoms with E-state index in [4.69, 9.17) is 15.3 Å². The van der Waals surface area contributed by atoms with Crippen LogP contribution < -0.4 is 11.2 Å². The predicted octanol–water partition coefficient (Wildman–Crippen LogP) is 0.395. The Kier molecular flexibility index (Phi) is 3.42. The number of nitrogens with zero attached hydrogens (tertiary/aromatic N) is 3. The lowest BCUT2D eigenvalue weighted by Crippen LogP contribution is -2.09. The van der Waals surface area contributed by atoms with Crippen LogP contribution in [0.5, 0.6) is 5.75 Å². The molecule has 2 aromatic heterocycles. The van der Waals surface area contributed by atoms with Crippen molar-refractivity contribution in [3.63, 3.8) is 0 Å². The molecule has 0 saturated carbocycles. The van der Waals surface area contributed by atoms with Crippen molar-refractivity contribution >= 4 is 0 Å². The molecule has 18 heavy (non-hydrogen) atoms. The zero-order valence-electron chi connectivity index (χ0n) is 9.91. The fourth-order valence-corrected chi connectivity index (χ4v) is 1.46. The molecule has 0 spiro atoms. The number of aromatic nitrogens is 3. The van der Waals surface area contributed by atoms with Crippen LogP contribution in [0.1, 0.15) is 30.8 Å². The van der Waals surface area contributed by atoms with E-state index >= 15 is 0 Å². The second-order valence-corrected chi connectivity index (χ2v) is 3.95. The summed E-state index contributed by atoms with van der Waals surface area (Å²) in [4.78, 5) is 11.2. The number of nitrogens with two attached hydrogens (primary N) is 1. The zero-order valence-corrected chi connectivity index (χ0v) is 9.91. The fraction of sp³-hybridized carbons (Fsp3) is 0.364. The molecule has 0 saturated heterocycles. The summed E-state index contributed by atoms with van der Waals surface area (Å²) in [5.74, 6) is -0.0228. The minimum atomic E-state index is -0.484. The molecule has 0 amide bonds. The van der Waals surface area contributed by atoms with Gasteiger partial charge in [0.1, 0.15) is 18.6 Å². The summed E-state index contributed by atoms with van der Waals surface area (Å²) in [6, 6.07) is 1.07. The molecule has 2 rings (SSSR count). The van der Waals surface area contributed by atoms with Crippen molar-refractivity contribution in [2.45, 2.75) is 25.9 Å². The van der Waals surface area contributed by atoms with Crippen molar-refractivity contribution in [3.05, 3.63) is 40.2 Å². The lowest BCUT2D eigenvalue weighted by Gasteiger charge is -2.02. The van der Waals surface area contributed by atoms with Gasteiger partial charge in [-0.25, -0.2) is 4.68 Å². The van der Waals surface area contributed by atoms with Crippen LogP contribution in [0.3, 0.4) is 0 Å². The Morgan fingerprint density at radius 2 is 2.39 bits per heavy atom. The Hall–Kier alpha value is -2.15. The molecule has 0 radical (unpaired) electrons. The first-order chi connectivity index (χ1) is 8.60. The van der Waals surface area contributed by atoms with Gasteiger partial charge in [-0.3, -0.25) is 4.79 Å². The third-order valence-electron chi connectivity index (χ3n) is 2.56. The Morgan fingerprint density at radius 3 is 3.06 bits per heavy atom. The fourth-order valence-electron chi connectivity index (χ4n) is 1.46. The van der Waals surface area contributed by atoms with E-state index in [2.05, 4.69) is 10.3 Å². The summed E-state index contributed by atoms with van der Waals surface area (Å²) >= 11 is 0. The third-order valence-corrected chi connectivity index (χ3v) is 2.56. The maximum absolute atomic E-state index is 11.2. The van der Waals surface area contributed by atoms with Crippen molar-refractivity contribution in [2.75, 3.05) is 0 Å². The van der Waals surface area contributed by atoms with E-state index in [0.29, 0.717) is 11.5 Å². The molecule has 3 N–H and O–H groups in total. The van der Waals surface area contributed by atoms with Crippen molar-refractivity contribution in [2.24, 2.45) is 5.73 Å². The van der Waals surface area contributed by atoms with Crippen LogP contribution in [0, 0.1) is 0 Å². The Bertz CT molecular complexity index is 590. The van der Waals surface area contributed by atoms with Gasteiger partial charge in [-0.1, -0.05) is 12.1 Å². The highest BCUT2D eigenvalue weighted by Gasteiger charge is 2.09. The summed E-state index contributed by atoms with van der Waals surface area (Å²) in [5, 5.41) is 16.9. The summed E-state index contributed by atoms with van der Waals surface area (Å²) in [7, 11) is 0. The largest absolute Gasteiger partial charge is 0.502 e. The molecular formula is C11H14N4O3. The normalized spacial score (nSPS) is 12.6. The summed E-state index contributed by atoms with van der Waals surface area (Å²) < 4.78 is 6.60. The van der Waals surface area contributed by atoms with Crippen LogP contribution in [0.4, 0.5) is 0 Å². The van der Waals surface area contributed by atoms with Gasteiger partial charge in [0.2, 0.25) is 5.43 Å². The number of hydrogen-bond donors (Lipinski definition) is 2. The topological polar surface area (TPSA) is 107 Å². The van der Waals surface area contributed by atoms with Gasteiger partial charge in [-0.05, 0) is 6.42 Å². The highest BCUT2D eigenvalue weighted by Crippen LogP contribution is 2.10. The number of hydrogen-bond acceptors (Lipinski definition) is 6. The lowest BCUT2D eigenvalue weighted by atomic mass is 10.2. The van der Waals surface area contributed by atoms with Crippen LogP contribution in [-0.4, -0.2) is 20.1 Å². The van der Waals surface area contributed by atoms with Gasteiger partial charge in [0.15, 0.2) is 5.75 Å². The average molecular weight is 250 g/mol. The summed E-state index contributed by atoms with van der Waals surface area (Å²) in [6.45, 7) is 2.22. The smallest absolute Gasteiger partial charge is 0.226 e. The minimum absolute atomic E-state index is 0.148. The first kappa shape index (κ1) is 12.3. The molecule has 2 aromatic rings. The van der Waals surface area contributed by atoms with Crippen molar-refractivity contribution in [1.82, 2.24) is 15.0 Å². The SMILES string of the molecule is CCC(N)c1cn(Cc2cc(=O)c(O)co2)nn1. The van der Waals surface area contributed by atoms with Gasteiger partial charge in [0.25, 0.3) is 0 Å². The molecule has 7 heteroatoms. The number of rotatable bonds is 4. The van der Waals surface area contributed by atoms with Gasteiger partial charge < -0.3 is 15.3 Å². The third kappa shape index (κ3) is 2.57. The maximum Gasteiger partial charge on any atom is 0.226 e. The van der Waals surface area contributed by atoms with E-state index in [-0.39, 0.29) is 12.6 Å². The lowest BCUT2D eigenvalue weighted by molar-refractivity contribution is 0.403. The van der Waals surface area contributed by atoms with Gasteiger partial charge in [0, 0.05) is 6.07 Å². The predicted molar refractivity (Wildman–Crippen MR) is 63.0 cm³/mol. The molecule has 96 valence electrons. The summed E-state index contributed by atoms with van der Waals surface area (Å²) in [5.41, 5.74) is 6.03. The number of aromatic hydroxyl groups is 1. The molecule has 0 bridgehead atoms. The van der Waals surface area contributed by atoms with E-state index in [1.165, 1.54) is 10.7 Å². The molecule has 1 atom stereocenters. The Balaban J connectivity index is 2.16. The molecule has 0 aliphatic carbocycles. The monoisotopic (exact) mass is 250 g/mol. The second-order valence-electron chi connectivity index (χ2n) is 3.95. The standard InChI is InChI=1S/C11H14N4O3/c1-2-8(12)9-5-15(14-13-9)4-7-3-10(16)11(17)6-18-7/h3,5-6,8,17H,2,4,12H2,1H3. The van der Waals surface area contributed by atoms with Gasteiger partial charge in [-0.2, -0.15) is 0 Å². The zero-order chi connectivity index (χ0) is 13.1. The molecule has 0 aliphatic heterocycles. The van der Waals surface area contributed by atoms with E-state index in [0.717, 1.165) is 12.7 Å². The minimum Gasteiger partial charge on any atom is -0.502 e. The highest BCUT2D eigenvalue weighted by atomic mass is 16.4. The van der Waals surface area contributed by atoms with Crippen LogP contribution in [0.15, 0.2) is 27.7 Å². The average Bonchev–Trinajstić information content (AvgIpc) is 2.81. The van der Waals surface area contributed by atoms with Gasteiger partial charge in [-0.15, -0.1) is 5.10 Å². The summed E-state index contributed by atoms with van der Waals surface area (Å²) in [6.07, 6.45) is 3.49.